The molecular weight excluding hydrogens is 457 g/mol. The van der Waals surface area contributed by atoms with Gasteiger partial charge in [0.1, 0.15) is 11.9 Å². The van der Waals surface area contributed by atoms with Crippen LogP contribution in [-0.4, -0.2) is 52.9 Å². The zero-order valence-corrected chi connectivity index (χ0v) is 18.7. The van der Waals surface area contributed by atoms with Crippen molar-refractivity contribution >= 4 is 28.5 Å². The fraction of sp³-hybridized carbons (Fsp3) is 0.375. The molecule has 1 saturated heterocycles. The van der Waals surface area contributed by atoms with Crippen molar-refractivity contribution in [2.75, 3.05) is 19.6 Å². The predicted molar refractivity (Wildman–Crippen MR) is 120 cm³/mol. The number of aromatic nitrogens is 1. The van der Waals surface area contributed by atoms with E-state index in [4.69, 9.17) is 16.3 Å². The van der Waals surface area contributed by atoms with E-state index >= 15 is 0 Å². The summed E-state index contributed by atoms with van der Waals surface area (Å²) in [6.45, 7) is 2.69. The normalized spacial score (nSPS) is 19.7. The summed E-state index contributed by atoms with van der Waals surface area (Å²) in [6, 6.07) is 10.1. The summed E-state index contributed by atoms with van der Waals surface area (Å²) in [7, 11) is 0. The van der Waals surface area contributed by atoms with E-state index < -0.39 is 18.6 Å². The third-order valence-electron chi connectivity index (χ3n) is 6.15. The molecule has 0 radical (unpaired) electrons. The molecule has 0 unspecified atom stereocenters. The van der Waals surface area contributed by atoms with Gasteiger partial charge in [-0.2, -0.15) is 13.2 Å². The number of aryl methyl sites for hydroxylation is 1. The van der Waals surface area contributed by atoms with Crippen LogP contribution in [0, 0.1) is 6.92 Å². The number of ether oxygens (including phenoxy) is 1. The van der Waals surface area contributed by atoms with Crippen LogP contribution in [0.15, 0.2) is 42.6 Å². The molecule has 1 aliphatic rings. The van der Waals surface area contributed by atoms with Crippen molar-refractivity contribution in [2.24, 2.45) is 0 Å². The Balaban J connectivity index is 1.63. The van der Waals surface area contributed by atoms with Gasteiger partial charge >= 0.3 is 12.1 Å². The second-order valence-electron chi connectivity index (χ2n) is 8.42. The van der Waals surface area contributed by atoms with E-state index in [9.17, 15) is 23.1 Å². The number of carbonyl (C=O) groups is 1. The first-order chi connectivity index (χ1) is 15.6. The van der Waals surface area contributed by atoms with Gasteiger partial charge in [-0.05, 0) is 48.7 Å². The van der Waals surface area contributed by atoms with Crippen LogP contribution < -0.4 is 4.74 Å². The molecule has 33 heavy (non-hydrogen) atoms. The molecule has 2 atom stereocenters. The van der Waals surface area contributed by atoms with Gasteiger partial charge in [0.25, 0.3) is 0 Å². The second kappa shape index (κ2) is 9.27. The lowest BCUT2D eigenvalue weighted by molar-refractivity contribution is -0.139. The SMILES string of the molecule is Cc1cc(Cl)c(O[C@@H]2CCN(CCC(F)(F)F)C[C@H]2c2ccc(C(=O)O)cc2)c2cc[nH]c12. The van der Waals surface area contributed by atoms with Crippen molar-refractivity contribution in [3.8, 4) is 5.75 Å². The highest BCUT2D eigenvalue weighted by Crippen LogP contribution is 2.39. The van der Waals surface area contributed by atoms with E-state index in [1.165, 1.54) is 12.1 Å². The number of hydrogen-bond acceptors (Lipinski definition) is 3. The summed E-state index contributed by atoms with van der Waals surface area (Å²) in [5, 5.41) is 10.5. The molecule has 2 aromatic carbocycles. The molecule has 9 heteroatoms. The van der Waals surface area contributed by atoms with Crippen molar-refractivity contribution in [1.82, 2.24) is 9.88 Å². The predicted octanol–water partition coefficient (Wildman–Crippen LogP) is 6.02. The zero-order valence-electron chi connectivity index (χ0n) is 18.0. The minimum absolute atomic E-state index is 0.0900. The minimum atomic E-state index is -4.22. The lowest BCUT2D eigenvalue weighted by atomic mass is 9.87. The van der Waals surface area contributed by atoms with Crippen LogP contribution in [0.25, 0.3) is 10.9 Å². The Morgan fingerprint density at radius 3 is 2.67 bits per heavy atom. The Labute approximate surface area is 194 Å². The monoisotopic (exact) mass is 480 g/mol. The first kappa shape index (κ1) is 23.4. The third-order valence-corrected chi connectivity index (χ3v) is 6.43. The molecule has 2 heterocycles. The lowest BCUT2D eigenvalue weighted by Crippen LogP contribution is -2.45. The van der Waals surface area contributed by atoms with Gasteiger partial charge in [-0.15, -0.1) is 0 Å². The molecule has 1 aromatic heterocycles. The number of likely N-dealkylation sites (tertiary alicyclic amines) is 1. The van der Waals surface area contributed by atoms with E-state index in [1.807, 2.05) is 25.3 Å². The Morgan fingerprint density at radius 1 is 1.27 bits per heavy atom. The van der Waals surface area contributed by atoms with Gasteiger partial charge in [0.15, 0.2) is 0 Å². The quantitative estimate of drug-likeness (QED) is 0.453. The highest BCUT2D eigenvalue weighted by Gasteiger charge is 2.35. The number of hydrogen-bond donors (Lipinski definition) is 2. The smallest absolute Gasteiger partial charge is 0.390 e. The van der Waals surface area contributed by atoms with Gasteiger partial charge in [0, 0.05) is 37.1 Å². The molecule has 4 rings (SSSR count). The average molecular weight is 481 g/mol. The molecule has 0 saturated carbocycles. The first-order valence-electron chi connectivity index (χ1n) is 10.7. The maximum absolute atomic E-state index is 12.8. The zero-order chi connectivity index (χ0) is 23.8. The molecule has 0 bridgehead atoms. The lowest BCUT2D eigenvalue weighted by Gasteiger charge is -2.39. The molecular formula is C24H24ClF3N2O3. The molecule has 1 fully saturated rings. The van der Waals surface area contributed by atoms with Crippen LogP contribution in [0.5, 0.6) is 5.75 Å². The Morgan fingerprint density at radius 2 is 2.00 bits per heavy atom. The van der Waals surface area contributed by atoms with Crippen LogP contribution in [0.2, 0.25) is 5.02 Å². The Bertz CT molecular complexity index is 1140. The topological polar surface area (TPSA) is 65.6 Å². The summed E-state index contributed by atoms with van der Waals surface area (Å²) in [5.41, 5.74) is 2.86. The van der Waals surface area contributed by atoms with Crippen LogP contribution in [-0.2, 0) is 0 Å². The number of piperidine rings is 1. The number of halogens is 4. The number of carboxylic acids is 1. The average Bonchev–Trinajstić information content (AvgIpc) is 3.25. The molecule has 0 aliphatic carbocycles. The third kappa shape index (κ3) is 5.28. The highest BCUT2D eigenvalue weighted by molar-refractivity contribution is 6.33. The highest BCUT2D eigenvalue weighted by atomic mass is 35.5. The van der Waals surface area contributed by atoms with Gasteiger partial charge in [-0.3, -0.25) is 0 Å². The Kier molecular flexibility index (Phi) is 6.59. The molecule has 1 aliphatic heterocycles. The molecule has 2 N–H and O–H groups in total. The number of aromatic amines is 1. The number of carboxylic acid groups (broad SMARTS) is 1. The first-order valence-corrected chi connectivity index (χ1v) is 11.1. The van der Waals surface area contributed by atoms with E-state index in [0.29, 0.717) is 30.3 Å². The van der Waals surface area contributed by atoms with Gasteiger partial charge in [-0.25, -0.2) is 4.79 Å². The molecule has 3 aromatic rings. The van der Waals surface area contributed by atoms with E-state index in [0.717, 1.165) is 22.0 Å². The standard InChI is InChI=1S/C24H24ClF3N2O3/c1-14-12-19(25)22(17-6-9-29-21(14)17)33-20-7-10-30(11-8-24(26,27)28)13-18(20)15-2-4-16(5-3-15)23(31)32/h2-6,9,12,18,20,29H,7-8,10-11,13H2,1H3,(H,31,32)/t18-,20+/m0/s1. The number of fused-ring (bicyclic) bond motifs is 1. The van der Waals surface area contributed by atoms with Crippen molar-refractivity contribution in [2.45, 2.75) is 38.0 Å². The van der Waals surface area contributed by atoms with Gasteiger partial charge in [-0.1, -0.05) is 23.7 Å². The summed E-state index contributed by atoms with van der Waals surface area (Å²) in [5.74, 6) is -0.744. The summed E-state index contributed by atoms with van der Waals surface area (Å²) < 4.78 is 44.8. The van der Waals surface area contributed by atoms with E-state index in [-0.39, 0.29) is 24.1 Å². The minimum Gasteiger partial charge on any atom is -0.487 e. The van der Waals surface area contributed by atoms with E-state index in [1.54, 1.807) is 17.0 Å². The van der Waals surface area contributed by atoms with Gasteiger partial charge in [0.05, 0.1) is 22.5 Å². The van der Waals surface area contributed by atoms with Gasteiger partial charge in [0.2, 0.25) is 0 Å². The summed E-state index contributed by atoms with van der Waals surface area (Å²) in [4.78, 5) is 16.2. The van der Waals surface area contributed by atoms with Crippen LogP contribution in [0.4, 0.5) is 13.2 Å². The number of nitrogens with zero attached hydrogens (tertiary/aromatic N) is 1. The van der Waals surface area contributed by atoms with Crippen molar-refractivity contribution < 1.29 is 27.8 Å². The summed E-state index contributed by atoms with van der Waals surface area (Å²) in [6.07, 6.45) is -3.11. The van der Waals surface area contributed by atoms with Crippen molar-refractivity contribution in [1.29, 1.82) is 0 Å². The molecule has 176 valence electrons. The van der Waals surface area contributed by atoms with Gasteiger partial charge < -0.3 is 19.7 Å². The maximum atomic E-state index is 12.8. The van der Waals surface area contributed by atoms with E-state index in [2.05, 4.69) is 4.98 Å². The van der Waals surface area contributed by atoms with Crippen molar-refractivity contribution in [3.63, 3.8) is 0 Å². The fourth-order valence-electron chi connectivity index (χ4n) is 4.43. The fourth-order valence-corrected chi connectivity index (χ4v) is 4.74. The number of H-pyrrole nitrogens is 1. The van der Waals surface area contributed by atoms with Crippen LogP contribution >= 0.6 is 11.6 Å². The molecule has 5 nitrogen and oxygen atoms in total. The molecule has 0 amide bonds. The van der Waals surface area contributed by atoms with Crippen LogP contribution in [0.1, 0.15) is 40.2 Å². The number of aromatic carboxylic acids is 1. The largest absolute Gasteiger partial charge is 0.487 e. The molecule has 0 spiro atoms. The van der Waals surface area contributed by atoms with Crippen molar-refractivity contribution in [3.05, 3.63) is 64.3 Å². The number of benzene rings is 2. The Hall–Kier alpha value is -2.71. The second-order valence-corrected chi connectivity index (χ2v) is 8.82. The number of rotatable bonds is 6. The van der Waals surface area contributed by atoms with Crippen LogP contribution in [0.3, 0.4) is 0 Å². The number of alkyl halides is 3. The number of nitrogens with one attached hydrogen (secondary N) is 1. The maximum Gasteiger partial charge on any atom is 0.390 e. The summed E-state index contributed by atoms with van der Waals surface area (Å²) >= 11 is 6.52.